The molecule has 3 rings (SSSR count). The number of carbonyl (C=O) groups is 1. The Kier molecular flexibility index (Phi) is 2.33. The van der Waals surface area contributed by atoms with Crippen LogP contribution in [0.1, 0.15) is 16.1 Å². The minimum atomic E-state index is -0.200. The predicted molar refractivity (Wildman–Crippen MR) is 67.4 cm³/mol. The molecule has 0 aliphatic rings. The smallest absolute Gasteiger partial charge is 0.257 e. The number of fused-ring (bicyclic) bond motifs is 1. The molecule has 90 valence electrons. The summed E-state index contributed by atoms with van der Waals surface area (Å²) in [7, 11) is 0. The van der Waals surface area contributed by atoms with E-state index in [4.69, 9.17) is 0 Å². The number of anilines is 1. The van der Waals surface area contributed by atoms with Crippen molar-refractivity contribution in [3.63, 3.8) is 0 Å². The lowest BCUT2D eigenvalue weighted by atomic mass is 10.1. The molecule has 6 heteroatoms. The van der Waals surface area contributed by atoms with Gasteiger partial charge in [-0.05, 0) is 19.1 Å². The Hall–Kier alpha value is -2.63. The maximum atomic E-state index is 12.1. The second kappa shape index (κ2) is 3.99. The average molecular weight is 241 g/mol. The normalized spacial score (nSPS) is 10.7. The number of H-pyrrole nitrogens is 2. The summed E-state index contributed by atoms with van der Waals surface area (Å²) < 4.78 is 0. The zero-order valence-corrected chi connectivity index (χ0v) is 9.69. The molecule has 3 aromatic rings. The van der Waals surface area contributed by atoms with Crippen molar-refractivity contribution in [3.8, 4) is 0 Å². The Morgan fingerprint density at radius 3 is 3.00 bits per heavy atom. The number of benzene rings is 1. The molecule has 2 aromatic heterocycles. The van der Waals surface area contributed by atoms with Crippen molar-refractivity contribution >= 4 is 22.6 Å². The van der Waals surface area contributed by atoms with Crippen molar-refractivity contribution in [1.82, 2.24) is 20.4 Å². The second-order valence-corrected chi connectivity index (χ2v) is 4.03. The molecule has 0 saturated carbocycles. The topological polar surface area (TPSA) is 86.5 Å². The SMILES string of the molecule is Cc1cc(NC(=O)c2cccc3[nH]ncc23)n[nH]1. The summed E-state index contributed by atoms with van der Waals surface area (Å²) in [5, 5.41) is 17.0. The molecule has 0 fully saturated rings. The zero-order chi connectivity index (χ0) is 12.5. The van der Waals surface area contributed by atoms with Gasteiger partial charge in [0.1, 0.15) is 0 Å². The zero-order valence-electron chi connectivity index (χ0n) is 9.69. The van der Waals surface area contributed by atoms with E-state index in [1.54, 1.807) is 18.3 Å². The van der Waals surface area contributed by atoms with Crippen LogP contribution in [0.4, 0.5) is 5.82 Å². The first-order valence-electron chi connectivity index (χ1n) is 5.49. The van der Waals surface area contributed by atoms with E-state index in [-0.39, 0.29) is 5.91 Å². The number of rotatable bonds is 2. The molecule has 0 atom stereocenters. The number of aryl methyl sites for hydroxylation is 1. The van der Waals surface area contributed by atoms with Crippen molar-refractivity contribution in [2.24, 2.45) is 0 Å². The van der Waals surface area contributed by atoms with Crippen LogP contribution in [0, 0.1) is 6.92 Å². The number of carbonyl (C=O) groups excluding carboxylic acids is 1. The van der Waals surface area contributed by atoms with E-state index in [1.807, 2.05) is 19.1 Å². The number of nitrogens with one attached hydrogen (secondary N) is 3. The summed E-state index contributed by atoms with van der Waals surface area (Å²) in [6, 6.07) is 7.21. The van der Waals surface area contributed by atoms with Crippen LogP contribution in [0.5, 0.6) is 0 Å². The van der Waals surface area contributed by atoms with Crippen molar-refractivity contribution in [3.05, 3.63) is 41.7 Å². The van der Waals surface area contributed by atoms with E-state index >= 15 is 0 Å². The van der Waals surface area contributed by atoms with Gasteiger partial charge in [-0.25, -0.2) is 0 Å². The van der Waals surface area contributed by atoms with Gasteiger partial charge >= 0.3 is 0 Å². The van der Waals surface area contributed by atoms with Gasteiger partial charge in [0.05, 0.1) is 17.3 Å². The third-order valence-electron chi connectivity index (χ3n) is 2.68. The molecule has 0 aliphatic carbocycles. The molecule has 0 spiro atoms. The molecule has 0 bridgehead atoms. The third kappa shape index (κ3) is 1.73. The first-order valence-corrected chi connectivity index (χ1v) is 5.49. The Morgan fingerprint density at radius 2 is 2.22 bits per heavy atom. The van der Waals surface area contributed by atoms with Crippen LogP contribution in [-0.2, 0) is 0 Å². The van der Waals surface area contributed by atoms with Gasteiger partial charge in [-0.1, -0.05) is 6.07 Å². The highest BCUT2D eigenvalue weighted by Crippen LogP contribution is 2.17. The van der Waals surface area contributed by atoms with E-state index in [9.17, 15) is 4.79 Å². The summed E-state index contributed by atoms with van der Waals surface area (Å²) in [6.45, 7) is 1.87. The van der Waals surface area contributed by atoms with E-state index in [2.05, 4.69) is 25.7 Å². The van der Waals surface area contributed by atoms with Gasteiger partial charge in [0, 0.05) is 17.1 Å². The highest BCUT2D eigenvalue weighted by atomic mass is 16.1. The van der Waals surface area contributed by atoms with Gasteiger partial charge < -0.3 is 5.32 Å². The molecule has 3 N–H and O–H groups in total. The van der Waals surface area contributed by atoms with Crippen molar-refractivity contribution in [1.29, 1.82) is 0 Å². The van der Waals surface area contributed by atoms with Gasteiger partial charge in [0.2, 0.25) is 0 Å². The number of aromatic nitrogens is 4. The second-order valence-electron chi connectivity index (χ2n) is 4.03. The maximum Gasteiger partial charge on any atom is 0.257 e. The standard InChI is InChI=1S/C12H11N5O/c1-7-5-11(17-15-7)14-12(18)8-3-2-4-10-9(8)6-13-16-10/h2-6H,1H3,(H,13,16)(H2,14,15,17,18). The van der Waals surface area contributed by atoms with Gasteiger partial charge in [-0.15, -0.1) is 0 Å². The monoisotopic (exact) mass is 241 g/mol. The summed E-state index contributed by atoms with van der Waals surface area (Å²) in [5.41, 5.74) is 2.30. The van der Waals surface area contributed by atoms with E-state index < -0.39 is 0 Å². The lowest BCUT2D eigenvalue weighted by Crippen LogP contribution is -2.12. The van der Waals surface area contributed by atoms with Crippen LogP contribution in [0.15, 0.2) is 30.5 Å². The fraction of sp³-hybridized carbons (Fsp3) is 0.0833. The van der Waals surface area contributed by atoms with Gasteiger partial charge in [0.15, 0.2) is 5.82 Å². The summed E-state index contributed by atoms with van der Waals surface area (Å²) in [6.07, 6.45) is 1.64. The fourth-order valence-electron chi connectivity index (χ4n) is 1.83. The van der Waals surface area contributed by atoms with E-state index in [1.165, 1.54) is 0 Å². The minimum absolute atomic E-state index is 0.200. The molecule has 0 aliphatic heterocycles. The fourth-order valence-corrected chi connectivity index (χ4v) is 1.83. The number of aromatic amines is 2. The highest BCUT2D eigenvalue weighted by molar-refractivity contribution is 6.11. The number of hydrogen-bond donors (Lipinski definition) is 3. The molecule has 0 unspecified atom stereocenters. The van der Waals surface area contributed by atoms with Crippen molar-refractivity contribution in [2.75, 3.05) is 5.32 Å². The minimum Gasteiger partial charge on any atom is -0.305 e. The molecule has 1 aromatic carbocycles. The predicted octanol–water partition coefficient (Wildman–Crippen LogP) is 1.85. The maximum absolute atomic E-state index is 12.1. The number of amides is 1. The van der Waals surface area contributed by atoms with Crippen LogP contribution >= 0.6 is 0 Å². The highest BCUT2D eigenvalue weighted by Gasteiger charge is 2.12. The van der Waals surface area contributed by atoms with Crippen molar-refractivity contribution < 1.29 is 4.79 Å². The largest absolute Gasteiger partial charge is 0.305 e. The van der Waals surface area contributed by atoms with Crippen LogP contribution < -0.4 is 5.32 Å². The quantitative estimate of drug-likeness (QED) is 0.639. The van der Waals surface area contributed by atoms with Crippen LogP contribution in [0.25, 0.3) is 10.9 Å². The van der Waals surface area contributed by atoms with E-state index in [0.29, 0.717) is 11.4 Å². The molecular formula is C12H11N5O. The third-order valence-corrected chi connectivity index (χ3v) is 2.68. The summed E-state index contributed by atoms with van der Waals surface area (Å²) >= 11 is 0. The molecule has 1 amide bonds. The number of hydrogen-bond acceptors (Lipinski definition) is 3. The first kappa shape index (κ1) is 10.5. The Labute approximate surface area is 102 Å². The van der Waals surface area contributed by atoms with Gasteiger partial charge in [-0.3, -0.25) is 15.0 Å². The van der Waals surface area contributed by atoms with Gasteiger partial charge in [-0.2, -0.15) is 10.2 Å². The van der Waals surface area contributed by atoms with Crippen LogP contribution in [0.3, 0.4) is 0 Å². The molecule has 6 nitrogen and oxygen atoms in total. The molecular weight excluding hydrogens is 230 g/mol. The van der Waals surface area contributed by atoms with Crippen LogP contribution in [0.2, 0.25) is 0 Å². The Bertz CT molecular complexity index is 712. The molecule has 2 heterocycles. The van der Waals surface area contributed by atoms with Crippen LogP contribution in [-0.4, -0.2) is 26.3 Å². The lowest BCUT2D eigenvalue weighted by Gasteiger charge is -2.02. The number of nitrogens with zero attached hydrogens (tertiary/aromatic N) is 2. The summed E-state index contributed by atoms with van der Waals surface area (Å²) in [5.74, 6) is 0.312. The lowest BCUT2D eigenvalue weighted by molar-refractivity contribution is 0.102. The first-order chi connectivity index (χ1) is 8.74. The Balaban J connectivity index is 1.94. The summed E-state index contributed by atoms with van der Waals surface area (Å²) in [4.78, 5) is 12.1. The van der Waals surface area contributed by atoms with E-state index in [0.717, 1.165) is 16.6 Å². The molecule has 0 saturated heterocycles. The van der Waals surface area contributed by atoms with Gasteiger partial charge in [0.25, 0.3) is 5.91 Å². The average Bonchev–Trinajstić information content (AvgIpc) is 2.97. The molecule has 18 heavy (non-hydrogen) atoms. The Morgan fingerprint density at radius 1 is 1.33 bits per heavy atom. The molecule has 0 radical (unpaired) electrons. The van der Waals surface area contributed by atoms with Crippen molar-refractivity contribution in [2.45, 2.75) is 6.92 Å².